The fourth-order valence-electron chi connectivity index (χ4n) is 0.957. The molecule has 0 aliphatic rings. The quantitative estimate of drug-likeness (QED) is 0.546. The van der Waals surface area contributed by atoms with Crippen molar-refractivity contribution in [1.29, 1.82) is 0 Å². The number of fused-ring (bicyclic) bond motifs is 1. The molecule has 0 bridgehead atoms. The largest absolute Gasteiger partial charge is 0.252 e. The molecular weight excluding hydrogens is 140 g/mol. The van der Waals surface area contributed by atoms with Crippen molar-refractivity contribution in [2.45, 2.75) is 13.8 Å². The van der Waals surface area contributed by atoms with Crippen LogP contribution in [0.25, 0.3) is 5.78 Å². The van der Waals surface area contributed by atoms with E-state index in [2.05, 4.69) is 21.1 Å². The topological polar surface area (TPSA) is 43.1 Å². The van der Waals surface area contributed by atoms with Gasteiger partial charge in [0.15, 0.2) is 0 Å². The van der Waals surface area contributed by atoms with Crippen LogP contribution < -0.4 is 0 Å². The van der Waals surface area contributed by atoms with Crippen LogP contribution in [0.1, 0.15) is 11.5 Å². The normalized spacial score (nSPS) is 10.7. The molecule has 2 aromatic heterocycles. The maximum Gasteiger partial charge on any atom is 0.252 e. The molecule has 2 rings (SSSR count). The number of rotatable bonds is 0. The maximum atomic E-state index is 4.12. The summed E-state index contributed by atoms with van der Waals surface area (Å²) in [6, 6.07) is 2.94. The highest BCUT2D eigenvalue weighted by Gasteiger charge is 2.00. The van der Waals surface area contributed by atoms with Crippen LogP contribution in [0.5, 0.6) is 0 Å². The van der Waals surface area contributed by atoms with Gasteiger partial charge in [-0.1, -0.05) is 0 Å². The van der Waals surface area contributed by atoms with E-state index >= 15 is 0 Å². The summed E-state index contributed by atoms with van der Waals surface area (Å²) in [5, 5.41) is 4.12. The monoisotopic (exact) mass is 147 g/mol. The zero-order valence-electron chi connectivity index (χ0n) is 6.37. The zero-order chi connectivity index (χ0) is 7.84. The van der Waals surface area contributed by atoms with E-state index in [1.165, 1.54) is 0 Å². The van der Waals surface area contributed by atoms with Gasteiger partial charge < -0.3 is 0 Å². The molecule has 0 saturated heterocycles. The van der Waals surface area contributed by atoms with Gasteiger partial charge in [0.2, 0.25) is 0 Å². The first-order chi connectivity index (χ1) is 5.27. The number of aromatic nitrogens is 4. The Bertz CT molecular complexity index is 390. The summed E-state index contributed by atoms with van der Waals surface area (Å²) in [5.74, 6) is 1.37. The van der Waals surface area contributed by atoms with E-state index in [9.17, 15) is 0 Å². The summed E-state index contributed by atoms with van der Waals surface area (Å²) < 4.78 is 1.68. The molecule has 11 heavy (non-hydrogen) atoms. The van der Waals surface area contributed by atoms with Crippen molar-refractivity contribution in [3.05, 3.63) is 23.8 Å². The summed E-state index contributed by atoms with van der Waals surface area (Å²) in [6.45, 7) is 3.76. The van der Waals surface area contributed by atoms with E-state index in [0.29, 0.717) is 5.78 Å². The lowest BCUT2D eigenvalue weighted by molar-refractivity contribution is 0.875. The van der Waals surface area contributed by atoms with E-state index in [1.54, 1.807) is 10.7 Å². The molecule has 0 atom stereocenters. The van der Waals surface area contributed by atoms with E-state index < -0.39 is 0 Å². The second-order valence-corrected chi connectivity index (χ2v) is 2.36. The van der Waals surface area contributed by atoms with Crippen molar-refractivity contribution < 1.29 is 0 Å². The van der Waals surface area contributed by atoms with Crippen LogP contribution in [0.3, 0.4) is 0 Å². The average Bonchev–Trinajstić information content (AvgIpc) is 2.31. The summed E-state index contributed by atoms with van der Waals surface area (Å²) in [5.41, 5.74) is 0.926. The van der Waals surface area contributed by atoms with E-state index in [1.807, 2.05) is 13.8 Å². The fourth-order valence-corrected chi connectivity index (χ4v) is 0.957. The molecule has 2 heterocycles. The summed E-state index contributed by atoms with van der Waals surface area (Å²) >= 11 is 0. The predicted octanol–water partition coefficient (Wildman–Crippen LogP) is 0.541. The Morgan fingerprint density at radius 3 is 3.00 bits per heavy atom. The van der Waals surface area contributed by atoms with E-state index in [0.717, 1.165) is 11.5 Å². The van der Waals surface area contributed by atoms with Gasteiger partial charge in [0.05, 0.1) is 5.69 Å². The Morgan fingerprint density at radius 1 is 1.45 bits per heavy atom. The first-order valence-electron chi connectivity index (χ1n) is 3.34. The lowest BCUT2D eigenvalue weighted by Crippen LogP contribution is -1.94. The lowest BCUT2D eigenvalue weighted by atomic mass is 10.5. The average molecular weight is 147 g/mol. The third kappa shape index (κ3) is 0.869. The molecule has 0 fully saturated rings. The van der Waals surface area contributed by atoms with Crippen LogP contribution >= 0.6 is 0 Å². The summed E-state index contributed by atoms with van der Waals surface area (Å²) in [6.07, 6.45) is 1.61. The highest BCUT2D eigenvalue weighted by atomic mass is 15.3. The molecule has 0 aliphatic heterocycles. The molecule has 0 amide bonds. The molecule has 0 unspecified atom stereocenters. The van der Waals surface area contributed by atoms with Crippen LogP contribution in [-0.4, -0.2) is 19.6 Å². The second kappa shape index (κ2) is 2.02. The Balaban J connectivity index is 2.90. The second-order valence-electron chi connectivity index (χ2n) is 2.36. The summed E-state index contributed by atoms with van der Waals surface area (Å²) in [7, 11) is 0. The van der Waals surface area contributed by atoms with Crippen LogP contribution in [0.4, 0.5) is 0 Å². The maximum absolute atomic E-state index is 4.12. The van der Waals surface area contributed by atoms with Crippen LogP contribution in [-0.2, 0) is 0 Å². The first-order valence-corrected chi connectivity index (χ1v) is 3.34. The van der Waals surface area contributed by atoms with Gasteiger partial charge in [-0.3, -0.25) is 0 Å². The lowest BCUT2D eigenvalue weighted by Gasteiger charge is -1.91. The van der Waals surface area contributed by atoms with Crippen molar-refractivity contribution in [1.82, 2.24) is 19.6 Å². The van der Waals surface area contributed by atoms with Gasteiger partial charge in [-0.2, -0.15) is 10.1 Å². The predicted molar refractivity (Wildman–Crippen MR) is 39.1 cm³/mol. The Hall–Kier alpha value is -1.45. The minimum absolute atomic E-state index is 0.638. The fraction of sp³-hybridized carbons (Fsp3) is 0.286. The molecule has 0 spiro atoms. The first kappa shape index (κ1) is 6.27. The number of nitrogens with zero attached hydrogens (tertiary/aromatic N) is 4. The van der Waals surface area contributed by atoms with Crippen LogP contribution in [0, 0.1) is 19.9 Å². The molecule has 0 aromatic carbocycles. The molecular formula is C7H7N4. The minimum atomic E-state index is 0.638. The van der Waals surface area contributed by atoms with Crippen molar-refractivity contribution in [3.63, 3.8) is 0 Å². The SMILES string of the molecule is Cc1nc2nc[c]c(C)n2n1. The number of aryl methyl sites for hydroxylation is 2. The third-order valence-electron chi connectivity index (χ3n) is 1.47. The van der Waals surface area contributed by atoms with Gasteiger partial charge >= 0.3 is 0 Å². The van der Waals surface area contributed by atoms with Crippen molar-refractivity contribution in [3.8, 4) is 0 Å². The molecule has 1 radical (unpaired) electrons. The van der Waals surface area contributed by atoms with Gasteiger partial charge in [0.25, 0.3) is 5.78 Å². The van der Waals surface area contributed by atoms with Gasteiger partial charge in [-0.15, -0.1) is 0 Å². The molecule has 0 saturated carbocycles. The van der Waals surface area contributed by atoms with Gasteiger partial charge in [0.1, 0.15) is 5.82 Å². The molecule has 55 valence electrons. The van der Waals surface area contributed by atoms with Crippen molar-refractivity contribution >= 4 is 5.78 Å². The van der Waals surface area contributed by atoms with Gasteiger partial charge in [-0.25, -0.2) is 9.50 Å². The molecule has 0 N–H and O–H groups in total. The third-order valence-corrected chi connectivity index (χ3v) is 1.47. The highest BCUT2D eigenvalue weighted by molar-refractivity contribution is 5.27. The molecule has 0 aliphatic carbocycles. The minimum Gasteiger partial charge on any atom is -0.219 e. The molecule has 4 nitrogen and oxygen atoms in total. The number of hydrogen-bond acceptors (Lipinski definition) is 3. The van der Waals surface area contributed by atoms with Crippen molar-refractivity contribution in [2.75, 3.05) is 0 Å². The van der Waals surface area contributed by atoms with Gasteiger partial charge in [0, 0.05) is 12.3 Å². The Kier molecular flexibility index (Phi) is 1.15. The Morgan fingerprint density at radius 2 is 2.27 bits per heavy atom. The molecule has 4 heteroatoms. The smallest absolute Gasteiger partial charge is 0.219 e. The molecule has 2 aromatic rings. The number of hydrogen-bond donors (Lipinski definition) is 0. The van der Waals surface area contributed by atoms with Crippen LogP contribution in [0.2, 0.25) is 0 Å². The summed E-state index contributed by atoms with van der Waals surface area (Å²) in [4.78, 5) is 8.09. The van der Waals surface area contributed by atoms with E-state index in [4.69, 9.17) is 0 Å². The zero-order valence-corrected chi connectivity index (χ0v) is 6.37. The van der Waals surface area contributed by atoms with Crippen LogP contribution in [0.15, 0.2) is 6.20 Å². The standard InChI is InChI=1S/C7H7N4/c1-5-3-4-8-7-9-6(2)10-11(5)7/h4H,1-2H3. The van der Waals surface area contributed by atoms with Crippen molar-refractivity contribution in [2.24, 2.45) is 0 Å². The van der Waals surface area contributed by atoms with E-state index in [-0.39, 0.29) is 0 Å². The highest BCUT2D eigenvalue weighted by Crippen LogP contribution is 1.99. The Labute approximate surface area is 63.9 Å². The van der Waals surface area contributed by atoms with Gasteiger partial charge in [-0.05, 0) is 13.8 Å².